The standard InChI is InChI=1S/C11H19ClF2O2/c1-10(2,3)16-9(15)11(4,8(13)14)6-5-7-12/h8H,5-7H2,1-4H3. The Morgan fingerprint density at radius 2 is 1.81 bits per heavy atom. The summed E-state index contributed by atoms with van der Waals surface area (Å²) in [5.41, 5.74) is -2.52. The van der Waals surface area contributed by atoms with Gasteiger partial charge in [-0.15, -0.1) is 11.6 Å². The zero-order chi connectivity index (χ0) is 13.0. The molecule has 0 fully saturated rings. The Labute approximate surface area is 100 Å². The first-order chi connectivity index (χ1) is 7.13. The lowest BCUT2D eigenvalue weighted by molar-refractivity contribution is -0.176. The van der Waals surface area contributed by atoms with E-state index in [0.717, 1.165) is 0 Å². The van der Waals surface area contributed by atoms with Gasteiger partial charge in [-0.2, -0.15) is 0 Å². The van der Waals surface area contributed by atoms with Gasteiger partial charge in [-0.05, 0) is 40.5 Å². The summed E-state index contributed by atoms with van der Waals surface area (Å²) in [5, 5.41) is 0. The average molecular weight is 257 g/mol. The van der Waals surface area contributed by atoms with Gasteiger partial charge >= 0.3 is 5.97 Å². The van der Waals surface area contributed by atoms with Gasteiger partial charge in [0.15, 0.2) is 0 Å². The molecule has 0 rings (SSSR count). The number of carbonyl (C=O) groups excluding carboxylic acids is 1. The molecular formula is C11H19ClF2O2. The minimum Gasteiger partial charge on any atom is -0.459 e. The van der Waals surface area contributed by atoms with Gasteiger partial charge in [0.1, 0.15) is 11.0 Å². The number of halogens is 3. The molecule has 5 heteroatoms. The van der Waals surface area contributed by atoms with Crippen LogP contribution in [0.25, 0.3) is 0 Å². The third kappa shape index (κ3) is 4.64. The lowest BCUT2D eigenvalue weighted by Crippen LogP contribution is -2.40. The third-order valence-electron chi connectivity index (χ3n) is 2.18. The summed E-state index contributed by atoms with van der Waals surface area (Å²) in [6, 6.07) is 0. The van der Waals surface area contributed by atoms with Crippen LogP contribution in [0.1, 0.15) is 40.5 Å². The molecule has 2 nitrogen and oxygen atoms in total. The van der Waals surface area contributed by atoms with Crippen molar-refractivity contribution >= 4 is 17.6 Å². The number of hydrogen-bond donors (Lipinski definition) is 0. The monoisotopic (exact) mass is 256 g/mol. The van der Waals surface area contributed by atoms with Gasteiger partial charge in [0.2, 0.25) is 0 Å². The molecule has 0 N–H and O–H groups in total. The fourth-order valence-corrected chi connectivity index (χ4v) is 1.26. The van der Waals surface area contributed by atoms with Gasteiger partial charge in [-0.3, -0.25) is 4.79 Å². The second kappa shape index (κ2) is 5.80. The SMILES string of the molecule is CC(C)(C)OC(=O)C(C)(CCCCl)C(F)F. The lowest BCUT2D eigenvalue weighted by atomic mass is 9.86. The molecule has 0 aromatic rings. The number of esters is 1. The van der Waals surface area contributed by atoms with E-state index in [1.165, 1.54) is 6.92 Å². The van der Waals surface area contributed by atoms with Crippen LogP contribution in [0.4, 0.5) is 8.78 Å². The Kier molecular flexibility index (Phi) is 5.66. The summed E-state index contributed by atoms with van der Waals surface area (Å²) in [4.78, 5) is 11.7. The van der Waals surface area contributed by atoms with E-state index in [0.29, 0.717) is 6.42 Å². The number of hydrogen-bond acceptors (Lipinski definition) is 2. The van der Waals surface area contributed by atoms with Crippen LogP contribution in [-0.4, -0.2) is 23.9 Å². The van der Waals surface area contributed by atoms with Crippen LogP contribution in [0.5, 0.6) is 0 Å². The van der Waals surface area contributed by atoms with Crippen molar-refractivity contribution in [3.63, 3.8) is 0 Å². The summed E-state index contributed by atoms with van der Waals surface area (Å²) in [7, 11) is 0. The highest BCUT2D eigenvalue weighted by atomic mass is 35.5. The van der Waals surface area contributed by atoms with E-state index in [-0.39, 0.29) is 12.3 Å². The van der Waals surface area contributed by atoms with Gasteiger partial charge in [0, 0.05) is 5.88 Å². The van der Waals surface area contributed by atoms with Gasteiger partial charge in [-0.25, -0.2) is 8.78 Å². The summed E-state index contributed by atoms with van der Waals surface area (Å²) >= 11 is 5.45. The molecule has 16 heavy (non-hydrogen) atoms. The van der Waals surface area contributed by atoms with Crippen molar-refractivity contribution in [1.82, 2.24) is 0 Å². The predicted molar refractivity (Wildman–Crippen MR) is 59.9 cm³/mol. The van der Waals surface area contributed by atoms with Crippen LogP contribution in [0, 0.1) is 5.41 Å². The van der Waals surface area contributed by atoms with Gasteiger partial charge in [0.05, 0.1) is 0 Å². The van der Waals surface area contributed by atoms with Crippen molar-refractivity contribution in [2.75, 3.05) is 5.88 Å². The minimum atomic E-state index is -2.74. The topological polar surface area (TPSA) is 26.3 Å². The van der Waals surface area contributed by atoms with E-state index in [1.807, 2.05) is 0 Å². The molecule has 0 aromatic heterocycles. The highest BCUT2D eigenvalue weighted by molar-refractivity contribution is 6.17. The summed E-state index contributed by atoms with van der Waals surface area (Å²) in [5.74, 6) is -0.606. The van der Waals surface area contributed by atoms with E-state index in [2.05, 4.69) is 0 Å². The summed E-state index contributed by atoms with van der Waals surface area (Å²) in [6.45, 7) is 6.17. The van der Waals surface area contributed by atoms with Crippen LogP contribution < -0.4 is 0 Å². The molecule has 96 valence electrons. The van der Waals surface area contributed by atoms with Crippen molar-refractivity contribution in [3.05, 3.63) is 0 Å². The Morgan fingerprint density at radius 3 is 2.12 bits per heavy atom. The zero-order valence-electron chi connectivity index (χ0n) is 10.1. The fraction of sp³-hybridized carbons (Fsp3) is 0.909. The second-order valence-corrected chi connectivity index (χ2v) is 5.39. The molecule has 0 aliphatic carbocycles. The molecule has 0 spiro atoms. The molecule has 0 saturated heterocycles. The number of ether oxygens (including phenoxy) is 1. The Bertz CT molecular complexity index is 239. The minimum absolute atomic E-state index is 0.0308. The quantitative estimate of drug-likeness (QED) is 0.555. The summed E-state index contributed by atoms with van der Waals surface area (Å²) < 4.78 is 30.8. The van der Waals surface area contributed by atoms with Crippen LogP contribution >= 0.6 is 11.6 Å². The number of rotatable bonds is 5. The molecule has 1 unspecified atom stereocenters. The first-order valence-corrected chi connectivity index (χ1v) is 5.74. The van der Waals surface area contributed by atoms with Crippen LogP contribution in [-0.2, 0) is 9.53 Å². The third-order valence-corrected chi connectivity index (χ3v) is 2.44. The zero-order valence-corrected chi connectivity index (χ0v) is 10.9. The highest BCUT2D eigenvalue weighted by Crippen LogP contribution is 2.34. The van der Waals surface area contributed by atoms with Crippen molar-refractivity contribution in [1.29, 1.82) is 0 Å². The van der Waals surface area contributed by atoms with Crippen LogP contribution in [0.15, 0.2) is 0 Å². The lowest BCUT2D eigenvalue weighted by Gasteiger charge is -2.30. The predicted octanol–water partition coefficient (Wildman–Crippen LogP) is 3.62. The molecular weight excluding hydrogens is 238 g/mol. The van der Waals surface area contributed by atoms with Crippen molar-refractivity contribution in [3.8, 4) is 0 Å². The molecule has 0 aromatic carbocycles. The maximum atomic E-state index is 12.9. The second-order valence-electron chi connectivity index (χ2n) is 5.01. The smallest absolute Gasteiger partial charge is 0.318 e. The molecule has 1 atom stereocenters. The number of alkyl halides is 3. The molecule has 0 bridgehead atoms. The first kappa shape index (κ1) is 15.6. The van der Waals surface area contributed by atoms with E-state index >= 15 is 0 Å². The molecule has 0 saturated carbocycles. The van der Waals surface area contributed by atoms with Crippen molar-refractivity contribution in [2.24, 2.45) is 5.41 Å². The average Bonchev–Trinajstić information content (AvgIpc) is 2.10. The van der Waals surface area contributed by atoms with Gasteiger partial charge in [0.25, 0.3) is 6.43 Å². The van der Waals surface area contributed by atoms with E-state index in [9.17, 15) is 13.6 Å². The first-order valence-electron chi connectivity index (χ1n) is 5.21. The molecule has 0 amide bonds. The molecule has 0 radical (unpaired) electrons. The number of carbonyl (C=O) groups is 1. The maximum absolute atomic E-state index is 12.9. The van der Waals surface area contributed by atoms with Gasteiger partial charge < -0.3 is 4.74 Å². The van der Waals surface area contributed by atoms with Crippen molar-refractivity contribution < 1.29 is 18.3 Å². The maximum Gasteiger partial charge on any atom is 0.318 e. The summed E-state index contributed by atoms with van der Waals surface area (Å²) in [6.07, 6.45) is -2.35. The van der Waals surface area contributed by atoms with Crippen molar-refractivity contribution in [2.45, 2.75) is 52.6 Å². The molecule has 0 heterocycles. The Hall–Kier alpha value is -0.380. The van der Waals surface area contributed by atoms with Crippen LogP contribution in [0.3, 0.4) is 0 Å². The molecule has 0 aliphatic heterocycles. The van der Waals surface area contributed by atoms with E-state index in [4.69, 9.17) is 16.3 Å². The normalized spacial score (nSPS) is 16.0. The fourth-order valence-electron chi connectivity index (χ4n) is 1.13. The van der Waals surface area contributed by atoms with Gasteiger partial charge in [-0.1, -0.05) is 0 Å². The largest absolute Gasteiger partial charge is 0.459 e. The highest BCUT2D eigenvalue weighted by Gasteiger charge is 2.44. The van der Waals surface area contributed by atoms with Crippen LogP contribution in [0.2, 0.25) is 0 Å². The Balaban J connectivity index is 4.70. The van der Waals surface area contributed by atoms with E-state index in [1.54, 1.807) is 20.8 Å². The Morgan fingerprint density at radius 1 is 1.31 bits per heavy atom. The molecule has 0 aliphatic rings. The van der Waals surface area contributed by atoms with E-state index < -0.39 is 23.4 Å².